The highest BCUT2D eigenvalue weighted by Gasteiger charge is 2.21. The van der Waals surface area contributed by atoms with Crippen molar-refractivity contribution >= 4 is 39.6 Å². The van der Waals surface area contributed by atoms with E-state index >= 15 is 0 Å². The van der Waals surface area contributed by atoms with Gasteiger partial charge in [-0.25, -0.2) is 4.98 Å². The van der Waals surface area contributed by atoms with Gasteiger partial charge in [-0.05, 0) is 36.6 Å². The third-order valence-corrected chi connectivity index (χ3v) is 5.44. The number of benzene rings is 2. The minimum absolute atomic E-state index is 0.0710. The molecule has 2 heterocycles. The molecule has 27 heavy (non-hydrogen) atoms. The molecule has 0 unspecified atom stereocenters. The SMILES string of the molecule is CSCC[C@H](NC(=O)c1cn(C)c2ccccc12)c1nc2ccccc2[nH]1. The zero-order valence-corrected chi connectivity index (χ0v) is 16.2. The monoisotopic (exact) mass is 378 g/mol. The minimum atomic E-state index is -0.156. The number of nitrogens with zero attached hydrogens (tertiary/aromatic N) is 2. The van der Waals surface area contributed by atoms with Gasteiger partial charge in [0.2, 0.25) is 0 Å². The number of carbonyl (C=O) groups is 1. The van der Waals surface area contributed by atoms with Gasteiger partial charge in [-0.1, -0.05) is 30.3 Å². The molecule has 0 fully saturated rings. The normalized spacial score (nSPS) is 12.5. The van der Waals surface area contributed by atoms with E-state index in [0.717, 1.165) is 39.9 Å². The number of thioether (sulfide) groups is 1. The van der Waals surface area contributed by atoms with Gasteiger partial charge in [0.1, 0.15) is 5.82 Å². The average molecular weight is 379 g/mol. The summed E-state index contributed by atoms with van der Waals surface area (Å²) in [5.74, 6) is 1.68. The molecule has 1 amide bonds. The van der Waals surface area contributed by atoms with Gasteiger partial charge >= 0.3 is 0 Å². The van der Waals surface area contributed by atoms with E-state index in [1.807, 2.05) is 66.3 Å². The maximum absolute atomic E-state index is 13.1. The lowest BCUT2D eigenvalue weighted by molar-refractivity contribution is 0.0935. The molecular formula is C21H22N4OS. The van der Waals surface area contributed by atoms with Crippen LogP contribution in [0.3, 0.4) is 0 Å². The van der Waals surface area contributed by atoms with Crippen LogP contribution in [0, 0.1) is 0 Å². The minimum Gasteiger partial charge on any atom is -0.350 e. The molecule has 138 valence electrons. The summed E-state index contributed by atoms with van der Waals surface area (Å²) in [6.07, 6.45) is 4.78. The summed E-state index contributed by atoms with van der Waals surface area (Å²) < 4.78 is 1.99. The predicted octanol–water partition coefficient (Wildman–Crippen LogP) is 4.28. The number of hydrogen-bond acceptors (Lipinski definition) is 3. The predicted molar refractivity (Wildman–Crippen MR) is 112 cm³/mol. The van der Waals surface area contributed by atoms with Crippen molar-refractivity contribution < 1.29 is 4.79 Å². The molecule has 0 bridgehead atoms. The van der Waals surface area contributed by atoms with Crippen molar-refractivity contribution in [2.75, 3.05) is 12.0 Å². The number of fused-ring (bicyclic) bond motifs is 2. The van der Waals surface area contributed by atoms with E-state index in [4.69, 9.17) is 4.98 Å². The smallest absolute Gasteiger partial charge is 0.254 e. The van der Waals surface area contributed by atoms with Crippen molar-refractivity contribution in [3.63, 3.8) is 0 Å². The lowest BCUT2D eigenvalue weighted by Crippen LogP contribution is -2.29. The number of nitrogens with one attached hydrogen (secondary N) is 2. The Bertz CT molecular complexity index is 1060. The fourth-order valence-electron chi connectivity index (χ4n) is 3.41. The fourth-order valence-corrected chi connectivity index (χ4v) is 3.88. The van der Waals surface area contributed by atoms with Crippen LogP contribution in [-0.2, 0) is 7.05 Å². The second-order valence-corrected chi connectivity index (χ2v) is 7.60. The van der Waals surface area contributed by atoms with Crippen LogP contribution in [0.4, 0.5) is 0 Å². The summed E-state index contributed by atoms with van der Waals surface area (Å²) in [7, 11) is 1.96. The molecule has 2 N–H and O–H groups in total. The van der Waals surface area contributed by atoms with Gasteiger partial charge in [0, 0.05) is 24.1 Å². The molecule has 0 saturated heterocycles. The molecule has 6 heteroatoms. The zero-order chi connectivity index (χ0) is 18.8. The Balaban J connectivity index is 1.65. The Hall–Kier alpha value is -2.73. The molecule has 0 saturated carbocycles. The summed E-state index contributed by atoms with van der Waals surface area (Å²) in [6, 6.07) is 15.7. The van der Waals surface area contributed by atoms with Crippen LogP contribution in [0.5, 0.6) is 0 Å². The first kappa shape index (κ1) is 17.7. The van der Waals surface area contributed by atoms with Crippen LogP contribution in [-0.4, -0.2) is 32.5 Å². The molecular weight excluding hydrogens is 356 g/mol. The Morgan fingerprint density at radius 3 is 2.81 bits per heavy atom. The van der Waals surface area contributed by atoms with Gasteiger partial charge in [0.05, 0.1) is 22.6 Å². The van der Waals surface area contributed by atoms with Crippen molar-refractivity contribution in [3.05, 3.63) is 66.1 Å². The number of para-hydroxylation sites is 3. The fraction of sp³-hybridized carbons (Fsp3) is 0.238. The maximum Gasteiger partial charge on any atom is 0.254 e. The van der Waals surface area contributed by atoms with E-state index < -0.39 is 0 Å². The van der Waals surface area contributed by atoms with Crippen molar-refractivity contribution in [2.45, 2.75) is 12.5 Å². The molecule has 0 aliphatic carbocycles. The molecule has 0 spiro atoms. The standard InChI is InChI=1S/C21H22N4OS/c1-25-13-15(14-7-3-6-10-19(14)25)21(26)24-18(11-12-27-2)20-22-16-8-4-5-9-17(16)23-20/h3-10,13,18H,11-12H2,1-2H3,(H,22,23)(H,24,26)/t18-/m0/s1. The molecule has 4 aromatic rings. The Kier molecular flexibility index (Phi) is 4.90. The van der Waals surface area contributed by atoms with Crippen molar-refractivity contribution in [1.29, 1.82) is 0 Å². The molecule has 2 aromatic heterocycles. The summed E-state index contributed by atoms with van der Waals surface area (Å²) in [5, 5.41) is 4.16. The molecule has 4 rings (SSSR count). The highest BCUT2D eigenvalue weighted by atomic mass is 32.2. The van der Waals surface area contributed by atoms with Gasteiger partial charge in [0.25, 0.3) is 5.91 Å². The number of amides is 1. The van der Waals surface area contributed by atoms with E-state index in [0.29, 0.717) is 5.56 Å². The molecule has 1 atom stereocenters. The van der Waals surface area contributed by atoms with Crippen molar-refractivity contribution in [1.82, 2.24) is 19.9 Å². The van der Waals surface area contributed by atoms with Gasteiger partial charge < -0.3 is 14.9 Å². The average Bonchev–Trinajstić information content (AvgIpc) is 3.27. The summed E-state index contributed by atoms with van der Waals surface area (Å²) in [6.45, 7) is 0. The number of aromatic amines is 1. The third-order valence-electron chi connectivity index (χ3n) is 4.80. The van der Waals surface area contributed by atoms with Gasteiger partial charge in [-0.3, -0.25) is 4.79 Å². The summed E-state index contributed by atoms with van der Waals surface area (Å²) >= 11 is 1.76. The summed E-state index contributed by atoms with van der Waals surface area (Å²) in [4.78, 5) is 21.1. The summed E-state index contributed by atoms with van der Waals surface area (Å²) in [5.41, 5.74) is 3.65. The quantitative estimate of drug-likeness (QED) is 0.526. The van der Waals surface area contributed by atoms with Crippen LogP contribution in [0.25, 0.3) is 21.9 Å². The third kappa shape index (κ3) is 3.45. The number of rotatable bonds is 6. The molecule has 0 aliphatic heterocycles. The van der Waals surface area contributed by atoms with Crippen LogP contribution >= 0.6 is 11.8 Å². The van der Waals surface area contributed by atoms with Gasteiger partial charge in [0.15, 0.2) is 0 Å². The van der Waals surface area contributed by atoms with Crippen LogP contribution in [0.15, 0.2) is 54.7 Å². The second-order valence-electron chi connectivity index (χ2n) is 6.62. The van der Waals surface area contributed by atoms with E-state index in [1.165, 1.54) is 0 Å². The van der Waals surface area contributed by atoms with E-state index in [2.05, 4.69) is 16.6 Å². The number of aryl methyl sites for hydroxylation is 1. The number of H-pyrrole nitrogens is 1. The molecule has 2 aromatic carbocycles. The number of carbonyl (C=O) groups excluding carboxylic acids is 1. The Morgan fingerprint density at radius 1 is 1.22 bits per heavy atom. The lowest BCUT2D eigenvalue weighted by atomic mass is 10.1. The maximum atomic E-state index is 13.1. The van der Waals surface area contributed by atoms with E-state index in [9.17, 15) is 4.79 Å². The van der Waals surface area contributed by atoms with Gasteiger partial charge in [-0.15, -0.1) is 0 Å². The topological polar surface area (TPSA) is 62.7 Å². The largest absolute Gasteiger partial charge is 0.350 e. The highest BCUT2D eigenvalue weighted by molar-refractivity contribution is 7.98. The van der Waals surface area contributed by atoms with Crippen molar-refractivity contribution in [3.8, 4) is 0 Å². The Labute approximate surface area is 162 Å². The zero-order valence-electron chi connectivity index (χ0n) is 15.4. The molecule has 0 aliphatic rings. The number of aromatic nitrogens is 3. The number of hydrogen-bond donors (Lipinski definition) is 2. The first-order valence-corrected chi connectivity index (χ1v) is 10.4. The number of imidazole rings is 1. The lowest BCUT2D eigenvalue weighted by Gasteiger charge is -2.16. The molecule has 5 nitrogen and oxygen atoms in total. The van der Waals surface area contributed by atoms with E-state index in [-0.39, 0.29) is 11.9 Å². The first-order valence-electron chi connectivity index (χ1n) is 8.96. The highest BCUT2D eigenvalue weighted by Crippen LogP contribution is 2.23. The van der Waals surface area contributed by atoms with Gasteiger partial charge in [-0.2, -0.15) is 11.8 Å². The second kappa shape index (κ2) is 7.48. The van der Waals surface area contributed by atoms with Crippen LogP contribution in [0.1, 0.15) is 28.6 Å². The Morgan fingerprint density at radius 2 is 2.00 bits per heavy atom. The van der Waals surface area contributed by atoms with E-state index in [1.54, 1.807) is 11.8 Å². The van der Waals surface area contributed by atoms with Crippen LogP contribution < -0.4 is 5.32 Å². The first-order chi connectivity index (χ1) is 13.2. The van der Waals surface area contributed by atoms with Crippen LogP contribution in [0.2, 0.25) is 0 Å². The van der Waals surface area contributed by atoms with Crippen molar-refractivity contribution in [2.24, 2.45) is 7.05 Å². The molecule has 0 radical (unpaired) electrons.